The van der Waals surface area contributed by atoms with Crippen molar-refractivity contribution < 1.29 is 34.4 Å². The molecule has 10 nitrogen and oxygen atoms in total. The van der Waals surface area contributed by atoms with Gasteiger partial charge in [0, 0.05) is 16.6 Å². The summed E-state index contributed by atoms with van der Waals surface area (Å²) in [5.74, 6) is -2.87. The number of carboxylic acid groups (broad SMARTS) is 1. The number of aliphatic hydroxyl groups excluding tert-OH is 1. The van der Waals surface area contributed by atoms with E-state index in [-0.39, 0.29) is 17.7 Å². The van der Waals surface area contributed by atoms with Gasteiger partial charge in [-0.25, -0.2) is 9.59 Å². The van der Waals surface area contributed by atoms with Gasteiger partial charge in [-0.3, -0.25) is 10.1 Å². The molecule has 4 atom stereocenters. The number of carbonyl (C=O) groups is 3. The number of carboxylic acids is 1. The van der Waals surface area contributed by atoms with Crippen LogP contribution in [0.3, 0.4) is 0 Å². The highest BCUT2D eigenvalue weighted by atomic mass is 16.5. The number of benzene rings is 2. The number of para-hydroxylation sites is 1. The van der Waals surface area contributed by atoms with E-state index in [1.165, 1.54) is 26.2 Å². The first kappa shape index (κ1) is 23.3. The number of phenolic OH excluding ortho intramolecular Hbond substituents is 1. The zero-order valence-corrected chi connectivity index (χ0v) is 18.5. The molecular formula is C24H25N3O7. The average molecular weight is 467 g/mol. The van der Waals surface area contributed by atoms with Crippen molar-refractivity contribution in [2.75, 3.05) is 7.11 Å². The standard InChI is InChI=1S/C24H25N3O7/c1-11(28)19(23(31)32)27-22(30)17-10-14-13-5-3-4-6-16(13)25-21(14)20(26-17)12-7-8-18(29)15(9-12)24(33)34-2/h3-9,11,17,19-20,25-26,28-29H,10H2,1-2H3,(H,27,30)(H,31,32)/t11-,17+,19+,20-/m1/s1. The third-order valence-corrected chi connectivity index (χ3v) is 6.03. The van der Waals surface area contributed by atoms with E-state index in [1.807, 2.05) is 24.3 Å². The van der Waals surface area contributed by atoms with Gasteiger partial charge >= 0.3 is 11.9 Å². The first-order chi connectivity index (χ1) is 16.2. The number of nitrogens with one attached hydrogen (secondary N) is 3. The van der Waals surface area contributed by atoms with Crippen molar-refractivity contribution >= 4 is 28.7 Å². The van der Waals surface area contributed by atoms with E-state index in [9.17, 15) is 29.7 Å². The van der Waals surface area contributed by atoms with E-state index in [1.54, 1.807) is 6.07 Å². The molecule has 0 saturated carbocycles. The van der Waals surface area contributed by atoms with Gasteiger partial charge in [-0.15, -0.1) is 0 Å². The molecule has 1 amide bonds. The van der Waals surface area contributed by atoms with E-state index in [0.717, 1.165) is 22.2 Å². The molecule has 1 aromatic heterocycles. The van der Waals surface area contributed by atoms with Crippen LogP contribution in [0.5, 0.6) is 5.75 Å². The van der Waals surface area contributed by atoms with Crippen molar-refractivity contribution in [3.05, 3.63) is 64.8 Å². The Hall–Kier alpha value is -3.89. The molecular weight excluding hydrogens is 442 g/mol. The van der Waals surface area contributed by atoms with Gasteiger partial charge in [-0.05, 0) is 42.7 Å². The number of aromatic nitrogens is 1. The SMILES string of the molecule is COC(=O)c1cc([C@H]2N[C@H](C(=O)N[C@H](C(=O)O)[C@@H](C)O)Cc3c2[nH]c2ccccc32)ccc1O. The summed E-state index contributed by atoms with van der Waals surface area (Å²) in [6.07, 6.45) is -1.01. The number of aromatic hydroxyl groups is 1. The van der Waals surface area contributed by atoms with Crippen LogP contribution in [0.4, 0.5) is 0 Å². The largest absolute Gasteiger partial charge is 0.507 e. The molecule has 3 aromatic rings. The second-order valence-corrected chi connectivity index (χ2v) is 8.25. The molecule has 0 radical (unpaired) electrons. The Morgan fingerprint density at radius 3 is 2.59 bits per heavy atom. The summed E-state index contributed by atoms with van der Waals surface area (Å²) in [5.41, 5.74) is 3.09. The number of ether oxygens (including phenoxy) is 1. The molecule has 1 aliphatic heterocycles. The average Bonchev–Trinajstić information content (AvgIpc) is 3.20. The van der Waals surface area contributed by atoms with Crippen molar-refractivity contribution in [3.8, 4) is 5.75 Å². The number of aliphatic hydroxyl groups is 1. The minimum Gasteiger partial charge on any atom is -0.507 e. The van der Waals surface area contributed by atoms with Crippen molar-refractivity contribution in [1.29, 1.82) is 0 Å². The van der Waals surface area contributed by atoms with Crippen LogP contribution in [0.2, 0.25) is 0 Å². The van der Waals surface area contributed by atoms with Crippen LogP contribution in [0.15, 0.2) is 42.5 Å². The summed E-state index contributed by atoms with van der Waals surface area (Å²) in [6, 6.07) is 9.23. The second kappa shape index (κ2) is 9.16. The maximum Gasteiger partial charge on any atom is 0.341 e. The first-order valence-electron chi connectivity index (χ1n) is 10.7. The molecule has 178 valence electrons. The van der Waals surface area contributed by atoms with Gasteiger partial charge in [0.2, 0.25) is 5.91 Å². The number of aliphatic carboxylic acids is 1. The Morgan fingerprint density at radius 2 is 1.91 bits per heavy atom. The third kappa shape index (κ3) is 4.20. The summed E-state index contributed by atoms with van der Waals surface area (Å²) in [7, 11) is 1.21. The molecule has 0 saturated heterocycles. The number of carbonyl (C=O) groups excluding carboxylic acids is 2. The first-order valence-corrected chi connectivity index (χ1v) is 10.7. The molecule has 2 aromatic carbocycles. The Balaban J connectivity index is 1.77. The highest BCUT2D eigenvalue weighted by Gasteiger charge is 2.36. The lowest BCUT2D eigenvalue weighted by Crippen LogP contribution is -2.56. The summed E-state index contributed by atoms with van der Waals surface area (Å²) in [4.78, 5) is 40.0. The van der Waals surface area contributed by atoms with E-state index >= 15 is 0 Å². The molecule has 10 heteroatoms. The van der Waals surface area contributed by atoms with E-state index in [0.29, 0.717) is 5.56 Å². The summed E-state index contributed by atoms with van der Waals surface area (Å²) in [6.45, 7) is 1.29. The lowest BCUT2D eigenvalue weighted by molar-refractivity contribution is -0.145. The maximum atomic E-state index is 13.1. The van der Waals surface area contributed by atoms with Crippen molar-refractivity contribution in [2.45, 2.75) is 37.6 Å². The summed E-state index contributed by atoms with van der Waals surface area (Å²) >= 11 is 0. The van der Waals surface area contributed by atoms with Crippen molar-refractivity contribution in [3.63, 3.8) is 0 Å². The predicted molar refractivity (Wildman–Crippen MR) is 121 cm³/mol. The predicted octanol–water partition coefficient (Wildman–Crippen LogP) is 1.21. The van der Waals surface area contributed by atoms with Crippen LogP contribution in [0, 0.1) is 0 Å². The number of hydrogen-bond donors (Lipinski definition) is 6. The minimum absolute atomic E-state index is 0.0221. The van der Waals surface area contributed by atoms with Crippen LogP contribution in [0.1, 0.15) is 40.1 Å². The maximum absolute atomic E-state index is 13.1. The highest BCUT2D eigenvalue weighted by Crippen LogP contribution is 2.36. The van der Waals surface area contributed by atoms with Crippen LogP contribution in [0.25, 0.3) is 10.9 Å². The Bertz CT molecular complexity index is 1270. The fraction of sp³-hybridized carbons (Fsp3) is 0.292. The third-order valence-electron chi connectivity index (χ3n) is 6.03. The monoisotopic (exact) mass is 467 g/mol. The number of hydrogen-bond acceptors (Lipinski definition) is 7. The lowest BCUT2D eigenvalue weighted by atomic mass is 9.89. The highest BCUT2D eigenvalue weighted by molar-refractivity contribution is 5.93. The number of methoxy groups -OCH3 is 1. The van der Waals surface area contributed by atoms with E-state index < -0.39 is 42.1 Å². The zero-order chi connectivity index (χ0) is 24.6. The molecule has 0 unspecified atom stereocenters. The Morgan fingerprint density at radius 1 is 1.18 bits per heavy atom. The topological polar surface area (TPSA) is 161 Å². The molecule has 6 N–H and O–H groups in total. The Labute approximate surface area is 194 Å². The smallest absolute Gasteiger partial charge is 0.341 e. The van der Waals surface area contributed by atoms with Gasteiger partial charge in [0.15, 0.2) is 6.04 Å². The second-order valence-electron chi connectivity index (χ2n) is 8.25. The molecule has 0 fully saturated rings. The van der Waals surface area contributed by atoms with Gasteiger partial charge in [-0.1, -0.05) is 24.3 Å². The number of H-pyrrole nitrogens is 1. The van der Waals surface area contributed by atoms with E-state index in [4.69, 9.17) is 4.74 Å². The quantitative estimate of drug-likeness (QED) is 0.295. The van der Waals surface area contributed by atoms with Crippen LogP contribution >= 0.6 is 0 Å². The van der Waals surface area contributed by atoms with Crippen LogP contribution in [-0.4, -0.2) is 63.4 Å². The van der Waals surface area contributed by atoms with E-state index in [2.05, 4.69) is 15.6 Å². The summed E-state index contributed by atoms with van der Waals surface area (Å²) in [5, 5.41) is 35.8. The van der Waals surface area contributed by atoms with Gasteiger partial charge in [0.1, 0.15) is 11.3 Å². The number of phenols is 1. The van der Waals surface area contributed by atoms with Gasteiger partial charge in [0.05, 0.1) is 25.3 Å². The Kier molecular flexibility index (Phi) is 6.27. The normalized spacial score (nSPS) is 19.1. The molecule has 0 bridgehead atoms. The number of fused-ring (bicyclic) bond motifs is 3. The van der Waals surface area contributed by atoms with Crippen molar-refractivity contribution in [2.24, 2.45) is 0 Å². The lowest BCUT2D eigenvalue weighted by Gasteiger charge is -2.32. The van der Waals surface area contributed by atoms with Gasteiger partial charge < -0.3 is 30.4 Å². The van der Waals surface area contributed by atoms with Crippen LogP contribution < -0.4 is 10.6 Å². The summed E-state index contributed by atoms with van der Waals surface area (Å²) < 4.78 is 4.75. The van der Waals surface area contributed by atoms with Gasteiger partial charge in [-0.2, -0.15) is 0 Å². The number of rotatable bonds is 6. The molecule has 4 rings (SSSR count). The van der Waals surface area contributed by atoms with Crippen LogP contribution in [-0.2, 0) is 20.7 Å². The number of aromatic amines is 1. The van der Waals surface area contributed by atoms with Gasteiger partial charge in [0.25, 0.3) is 0 Å². The molecule has 2 heterocycles. The molecule has 34 heavy (non-hydrogen) atoms. The minimum atomic E-state index is -1.46. The fourth-order valence-electron chi connectivity index (χ4n) is 4.32. The fourth-order valence-corrected chi connectivity index (χ4v) is 4.32. The number of esters is 1. The zero-order valence-electron chi connectivity index (χ0n) is 18.5. The molecule has 0 spiro atoms. The van der Waals surface area contributed by atoms with Crippen molar-refractivity contribution in [1.82, 2.24) is 15.6 Å². The molecule has 1 aliphatic rings. The molecule has 0 aliphatic carbocycles. The number of amides is 1.